The van der Waals surface area contributed by atoms with Gasteiger partial charge in [0.15, 0.2) is 0 Å². The standard InChI is InChI=1S/C9H17NO3/c1-3-13-9(12)7(2)10-5-4-8(11)6-10/h7-8,11H,3-6H2,1-2H3/t7?,8-/m1/s1. The van der Waals surface area contributed by atoms with Gasteiger partial charge >= 0.3 is 5.97 Å². The largest absolute Gasteiger partial charge is 0.465 e. The number of rotatable bonds is 3. The van der Waals surface area contributed by atoms with Crippen LogP contribution in [0.2, 0.25) is 0 Å². The molecule has 0 amide bonds. The second-order valence-electron chi connectivity index (χ2n) is 3.37. The minimum atomic E-state index is -0.281. The first-order valence-electron chi connectivity index (χ1n) is 4.74. The molecule has 0 saturated carbocycles. The second-order valence-corrected chi connectivity index (χ2v) is 3.37. The van der Waals surface area contributed by atoms with Gasteiger partial charge in [-0.1, -0.05) is 0 Å². The number of hydrogen-bond donors (Lipinski definition) is 1. The van der Waals surface area contributed by atoms with Gasteiger partial charge in [-0.05, 0) is 20.3 Å². The molecule has 2 atom stereocenters. The third-order valence-corrected chi connectivity index (χ3v) is 2.37. The van der Waals surface area contributed by atoms with Gasteiger partial charge in [-0.25, -0.2) is 0 Å². The van der Waals surface area contributed by atoms with Crippen LogP contribution in [0.4, 0.5) is 0 Å². The molecule has 76 valence electrons. The Morgan fingerprint density at radius 1 is 1.77 bits per heavy atom. The number of ether oxygens (including phenoxy) is 1. The lowest BCUT2D eigenvalue weighted by Crippen LogP contribution is -2.38. The van der Waals surface area contributed by atoms with E-state index in [0.29, 0.717) is 13.2 Å². The first-order valence-corrected chi connectivity index (χ1v) is 4.74. The van der Waals surface area contributed by atoms with E-state index >= 15 is 0 Å². The number of carbonyl (C=O) groups is 1. The van der Waals surface area contributed by atoms with Crippen LogP contribution >= 0.6 is 0 Å². The summed E-state index contributed by atoms with van der Waals surface area (Å²) in [5.74, 6) is -0.198. The molecule has 1 fully saturated rings. The van der Waals surface area contributed by atoms with Crippen molar-refractivity contribution in [2.45, 2.75) is 32.4 Å². The van der Waals surface area contributed by atoms with E-state index in [1.165, 1.54) is 0 Å². The molecule has 0 spiro atoms. The molecule has 0 bridgehead atoms. The summed E-state index contributed by atoms with van der Waals surface area (Å²) < 4.78 is 4.89. The summed E-state index contributed by atoms with van der Waals surface area (Å²) >= 11 is 0. The third-order valence-electron chi connectivity index (χ3n) is 2.37. The van der Waals surface area contributed by atoms with Crippen LogP contribution in [0, 0.1) is 0 Å². The van der Waals surface area contributed by atoms with Gasteiger partial charge in [0.1, 0.15) is 6.04 Å². The van der Waals surface area contributed by atoms with E-state index in [2.05, 4.69) is 0 Å². The lowest BCUT2D eigenvalue weighted by Gasteiger charge is -2.21. The van der Waals surface area contributed by atoms with Crippen molar-refractivity contribution in [2.75, 3.05) is 19.7 Å². The van der Waals surface area contributed by atoms with E-state index in [9.17, 15) is 9.90 Å². The number of β-amino-alcohol motifs (C(OH)–C–C–N with tert-alkyl or cyclic N) is 1. The van der Waals surface area contributed by atoms with Gasteiger partial charge in [-0.2, -0.15) is 0 Å². The van der Waals surface area contributed by atoms with Crippen LogP contribution < -0.4 is 0 Å². The molecule has 1 aliphatic rings. The zero-order chi connectivity index (χ0) is 9.84. The summed E-state index contributed by atoms with van der Waals surface area (Å²) in [5, 5.41) is 9.27. The first kappa shape index (κ1) is 10.5. The Hall–Kier alpha value is -0.610. The number of aliphatic hydroxyl groups is 1. The van der Waals surface area contributed by atoms with E-state index in [-0.39, 0.29) is 18.1 Å². The number of likely N-dealkylation sites (tertiary alicyclic amines) is 1. The summed E-state index contributed by atoms with van der Waals surface area (Å²) in [6.45, 7) is 5.39. The molecule has 1 saturated heterocycles. The highest BCUT2D eigenvalue weighted by molar-refractivity contribution is 5.75. The van der Waals surface area contributed by atoms with Crippen LogP contribution in [0.15, 0.2) is 0 Å². The summed E-state index contributed by atoms with van der Waals surface area (Å²) in [7, 11) is 0. The molecule has 1 unspecified atom stereocenters. The molecular weight excluding hydrogens is 170 g/mol. The van der Waals surface area contributed by atoms with Crippen LogP contribution in [-0.4, -0.2) is 47.8 Å². The number of carbonyl (C=O) groups excluding carboxylic acids is 1. The van der Waals surface area contributed by atoms with Crippen molar-refractivity contribution < 1.29 is 14.6 Å². The zero-order valence-corrected chi connectivity index (χ0v) is 8.19. The van der Waals surface area contributed by atoms with Crippen LogP contribution in [0.3, 0.4) is 0 Å². The van der Waals surface area contributed by atoms with Gasteiger partial charge in [0.05, 0.1) is 12.7 Å². The number of nitrogens with zero attached hydrogens (tertiary/aromatic N) is 1. The van der Waals surface area contributed by atoms with E-state index < -0.39 is 0 Å². The lowest BCUT2D eigenvalue weighted by atomic mass is 10.3. The van der Waals surface area contributed by atoms with Crippen LogP contribution in [0.25, 0.3) is 0 Å². The van der Waals surface area contributed by atoms with Crippen molar-refractivity contribution in [3.63, 3.8) is 0 Å². The smallest absolute Gasteiger partial charge is 0.323 e. The van der Waals surface area contributed by atoms with Crippen molar-refractivity contribution >= 4 is 5.97 Å². The molecule has 13 heavy (non-hydrogen) atoms. The van der Waals surface area contributed by atoms with Gasteiger partial charge in [0.2, 0.25) is 0 Å². The minimum absolute atomic E-state index is 0.198. The Balaban J connectivity index is 2.38. The molecule has 0 aromatic heterocycles. The Labute approximate surface area is 78.5 Å². The fourth-order valence-electron chi connectivity index (χ4n) is 1.53. The van der Waals surface area contributed by atoms with Crippen molar-refractivity contribution in [1.82, 2.24) is 4.90 Å². The van der Waals surface area contributed by atoms with Gasteiger partial charge < -0.3 is 9.84 Å². The summed E-state index contributed by atoms with van der Waals surface area (Å²) in [5.41, 5.74) is 0. The van der Waals surface area contributed by atoms with E-state index in [0.717, 1.165) is 13.0 Å². The average Bonchev–Trinajstić information content (AvgIpc) is 2.51. The molecule has 1 heterocycles. The first-order chi connectivity index (χ1) is 6.15. The number of esters is 1. The van der Waals surface area contributed by atoms with Gasteiger partial charge in [0.25, 0.3) is 0 Å². The Morgan fingerprint density at radius 2 is 2.46 bits per heavy atom. The topological polar surface area (TPSA) is 49.8 Å². The average molecular weight is 187 g/mol. The molecule has 0 aromatic carbocycles. The van der Waals surface area contributed by atoms with Gasteiger partial charge in [0, 0.05) is 13.1 Å². The monoisotopic (exact) mass is 187 g/mol. The van der Waals surface area contributed by atoms with Gasteiger partial charge in [-0.15, -0.1) is 0 Å². The maximum atomic E-state index is 11.3. The van der Waals surface area contributed by atoms with Gasteiger partial charge in [-0.3, -0.25) is 9.69 Å². The normalized spacial score (nSPS) is 25.9. The Kier molecular flexibility index (Phi) is 3.69. The Morgan fingerprint density at radius 3 is 2.92 bits per heavy atom. The van der Waals surface area contributed by atoms with E-state index in [1.54, 1.807) is 6.92 Å². The SMILES string of the molecule is CCOC(=O)C(C)N1CC[C@@H](O)C1. The fourth-order valence-corrected chi connectivity index (χ4v) is 1.53. The third kappa shape index (κ3) is 2.67. The highest BCUT2D eigenvalue weighted by Gasteiger charge is 2.28. The highest BCUT2D eigenvalue weighted by Crippen LogP contribution is 2.13. The molecule has 1 rings (SSSR count). The molecule has 4 nitrogen and oxygen atoms in total. The molecule has 0 aliphatic carbocycles. The predicted octanol–water partition coefficient (Wildman–Crippen LogP) is 0.00460. The summed E-state index contributed by atoms with van der Waals surface area (Å²) in [4.78, 5) is 13.2. The van der Waals surface area contributed by atoms with E-state index in [1.807, 2.05) is 11.8 Å². The fraction of sp³-hybridized carbons (Fsp3) is 0.889. The maximum Gasteiger partial charge on any atom is 0.323 e. The lowest BCUT2D eigenvalue weighted by molar-refractivity contribution is -0.148. The maximum absolute atomic E-state index is 11.3. The van der Waals surface area contributed by atoms with Crippen molar-refractivity contribution in [3.8, 4) is 0 Å². The van der Waals surface area contributed by atoms with Crippen molar-refractivity contribution in [1.29, 1.82) is 0 Å². The molecule has 0 aromatic rings. The van der Waals surface area contributed by atoms with Crippen LogP contribution in [0.5, 0.6) is 0 Å². The quantitative estimate of drug-likeness (QED) is 0.632. The zero-order valence-electron chi connectivity index (χ0n) is 8.19. The van der Waals surface area contributed by atoms with E-state index in [4.69, 9.17) is 4.74 Å². The Bertz CT molecular complexity index is 184. The highest BCUT2D eigenvalue weighted by atomic mass is 16.5. The molecule has 4 heteroatoms. The second kappa shape index (κ2) is 4.58. The molecule has 1 N–H and O–H groups in total. The molecule has 1 aliphatic heterocycles. The number of aliphatic hydroxyl groups excluding tert-OH is 1. The van der Waals surface area contributed by atoms with Crippen molar-refractivity contribution in [2.24, 2.45) is 0 Å². The molecule has 0 radical (unpaired) electrons. The predicted molar refractivity (Wildman–Crippen MR) is 48.3 cm³/mol. The number of hydrogen-bond acceptors (Lipinski definition) is 4. The van der Waals surface area contributed by atoms with Crippen molar-refractivity contribution in [3.05, 3.63) is 0 Å². The molecular formula is C9H17NO3. The minimum Gasteiger partial charge on any atom is -0.465 e. The van der Waals surface area contributed by atoms with Crippen LogP contribution in [-0.2, 0) is 9.53 Å². The summed E-state index contributed by atoms with van der Waals surface area (Å²) in [6, 6.07) is -0.225. The van der Waals surface area contributed by atoms with Crippen LogP contribution in [0.1, 0.15) is 20.3 Å². The summed E-state index contributed by atoms with van der Waals surface area (Å²) in [6.07, 6.45) is 0.473.